The van der Waals surface area contributed by atoms with E-state index in [1.54, 1.807) is 31.5 Å². The zero-order chi connectivity index (χ0) is 15.4. The number of hydrogen-bond donors (Lipinski definition) is 0. The molecule has 0 aliphatic heterocycles. The van der Waals surface area contributed by atoms with Gasteiger partial charge in [0, 0.05) is 12.3 Å². The van der Waals surface area contributed by atoms with Gasteiger partial charge in [0.2, 0.25) is 0 Å². The van der Waals surface area contributed by atoms with Crippen LogP contribution >= 0.6 is 0 Å². The Balaban J connectivity index is 1.87. The van der Waals surface area contributed by atoms with Crippen LogP contribution in [-0.4, -0.2) is 33.5 Å². The second kappa shape index (κ2) is 6.13. The third-order valence-corrected chi connectivity index (χ3v) is 2.99. The molecular formula is C15H12FN5O. The molecule has 3 aromatic rings. The summed E-state index contributed by atoms with van der Waals surface area (Å²) in [6.07, 6.45) is 3.14. The highest BCUT2D eigenvalue weighted by Crippen LogP contribution is 2.27. The summed E-state index contributed by atoms with van der Waals surface area (Å²) in [6, 6.07) is 11.5. The first-order valence-corrected chi connectivity index (χ1v) is 6.47. The lowest BCUT2D eigenvalue weighted by Crippen LogP contribution is -1.98. The molecule has 0 radical (unpaired) electrons. The van der Waals surface area contributed by atoms with Crippen molar-refractivity contribution in [3.05, 3.63) is 60.2 Å². The van der Waals surface area contributed by atoms with Gasteiger partial charge in [-0.2, -0.15) is 4.68 Å². The number of rotatable bonds is 4. The first-order valence-electron chi connectivity index (χ1n) is 6.47. The van der Waals surface area contributed by atoms with E-state index in [1.807, 2.05) is 12.1 Å². The van der Waals surface area contributed by atoms with E-state index in [0.29, 0.717) is 17.1 Å². The minimum Gasteiger partial charge on any atom is -0.494 e. The molecule has 22 heavy (non-hydrogen) atoms. The van der Waals surface area contributed by atoms with E-state index in [0.717, 1.165) is 5.56 Å². The molecule has 0 fully saturated rings. The lowest BCUT2D eigenvalue weighted by atomic mass is 10.2. The summed E-state index contributed by atoms with van der Waals surface area (Å²) < 4.78 is 19.7. The summed E-state index contributed by atoms with van der Waals surface area (Å²) >= 11 is 0. The van der Waals surface area contributed by atoms with Gasteiger partial charge < -0.3 is 4.74 Å². The third-order valence-electron chi connectivity index (χ3n) is 2.99. The number of hydrogen-bond acceptors (Lipinski definition) is 5. The quantitative estimate of drug-likeness (QED) is 0.694. The molecule has 0 amide bonds. The topological polar surface area (TPSA) is 65.2 Å². The molecule has 1 aromatic heterocycles. The fourth-order valence-corrected chi connectivity index (χ4v) is 1.91. The van der Waals surface area contributed by atoms with E-state index in [2.05, 4.69) is 20.5 Å². The molecule has 0 N–H and O–H groups in total. The summed E-state index contributed by atoms with van der Waals surface area (Å²) in [5, 5.41) is 11.0. The van der Waals surface area contributed by atoms with E-state index in [1.165, 1.54) is 23.1 Å². The Morgan fingerprint density at radius 3 is 2.68 bits per heavy atom. The molecule has 110 valence electrons. The van der Waals surface area contributed by atoms with Crippen molar-refractivity contribution in [2.75, 3.05) is 7.11 Å². The van der Waals surface area contributed by atoms with Crippen LogP contribution in [0.1, 0.15) is 5.56 Å². The van der Waals surface area contributed by atoms with Crippen molar-refractivity contribution in [3.63, 3.8) is 0 Å². The summed E-state index contributed by atoms with van der Waals surface area (Å²) in [7, 11) is 1.57. The van der Waals surface area contributed by atoms with Gasteiger partial charge in [0.05, 0.1) is 12.8 Å². The highest BCUT2D eigenvalue weighted by molar-refractivity contribution is 5.82. The Morgan fingerprint density at radius 2 is 2.00 bits per heavy atom. The Bertz CT molecular complexity index is 784. The molecule has 2 aromatic carbocycles. The van der Waals surface area contributed by atoms with Crippen molar-refractivity contribution in [2.45, 2.75) is 0 Å². The lowest BCUT2D eigenvalue weighted by Gasteiger charge is -2.07. The van der Waals surface area contributed by atoms with Crippen molar-refractivity contribution in [2.24, 2.45) is 4.99 Å². The Kier molecular flexibility index (Phi) is 3.86. The van der Waals surface area contributed by atoms with Crippen LogP contribution in [0.25, 0.3) is 5.69 Å². The molecular weight excluding hydrogens is 285 g/mol. The molecule has 0 spiro atoms. The Labute approximate surface area is 125 Å². The number of benzene rings is 2. The van der Waals surface area contributed by atoms with Gasteiger partial charge in [0.1, 0.15) is 23.6 Å². The minimum atomic E-state index is -0.274. The summed E-state index contributed by atoms with van der Waals surface area (Å²) in [5.74, 6) is 0.325. The van der Waals surface area contributed by atoms with E-state index in [-0.39, 0.29) is 5.82 Å². The van der Waals surface area contributed by atoms with Gasteiger partial charge >= 0.3 is 0 Å². The summed E-state index contributed by atoms with van der Waals surface area (Å²) in [4.78, 5) is 4.35. The SMILES string of the molecule is COc1cc(N=Cc2ccc(F)cc2)ccc1-n1cnnn1. The average molecular weight is 297 g/mol. The zero-order valence-electron chi connectivity index (χ0n) is 11.7. The number of aliphatic imine (C=N–C) groups is 1. The van der Waals surface area contributed by atoms with Gasteiger partial charge in [0.15, 0.2) is 0 Å². The predicted molar refractivity (Wildman–Crippen MR) is 79.4 cm³/mol. The van der Waals surface area contributed by atoms with Gasteiger partial charge in [-0.3, -0.25) is 4.99 Å². The van der Waals surface area contributed by atoms with Gasteiger partial charge in [-0.15, -0.1) is 5.10 Å². The van der Waals surface area contributed by atoms with E-state index in [9.17, 15) is 4.39 Å². The highest BCUT2D eigenvalue weighted by Gasteiger charge is 2.07. The van der Waals surface area contributed by atoms with Crippen molar-refractivity contribution < 1.29 is 9.13 Å². The molecule has 0 aliphatic rings. The number of ether oxygens (including phenoxy) is 1. The van der Waals surface area contributed by atoms with E-state index < -0.39 is 0 Å². The third kappa shape index (κ3) is 2.98. The fraction of sp³-hybridized carbons (Fsp3) is 0.0667. The number of halogens is 1. The second-order valence-corrected chi connectivity index (χ2v) is 4.42. The van der Waals surface area contributed by atoms with Crippen LogP contribution in [0, 0.1) is 5.82 Å². The summed E-state index contributed by atoms with van der Waals surface area (Å²) in [5.41, 5.74) is 2.23. The maximum Gasteiger partial charge on any atom is 0.146 e. The predicted octanol–water partition coefficient (Wildman–Crippen LogP) is 2.56. The van der Waals surface area contributed by atoms with Gasteiger partial charge in [-0.25, -0.2) is 4.39 Å². The van der Waals surface area contributed by atoms with Gasteiger partial charge in [-0.05, 0) is 40.3 Å². The lowest BCUT2D eigenvalue weighted by molar-refractivity contribution is 0.411. The van der Waals surface area contributed by atoms with Crippen LogP contribution < -0.4 is 4.74 Å². The molecule has 0 bridgehead atoms. The molecule has 0 atom stereocenters. The second-order valence-electron chi connectivity index (χ2n) is 4.42. The minimum absolute atomic E-state index is 0.274. The van der Waals surface area contributed by atoms with Crippen molar-refractivity contribution in [1.82, 2.24) is 20.2 Å². The van der Waals surface area contributed by atoms with Crippen molar-refractivity contribution >= 4 is 11.9 Å². The maximum absolute atomic E-state index is 12.8. The number of nitrogens with zero attached hydrogens (tertiary/aromatic N) is 5. The number of tetrazole rings is 1. The van der Waals surface area contributed by atoms with Crippen molar-refractivity contribution in [3.8, 4) is 11.4 Å². The molecule has 1 heterocycles. The molecule has 0 unspecified atom stereocenters. The number of methoxy groups -OCH3 is 1. The monoisotopic (exact) mass is 297 g/mol. The number of aromatic nitrogens is 4. The van der Waals surface area contributed by atoms with Crippen LogP contribution in [0.15, 0.2) is 53.8 Å². The smallest absolute Gasteiger partial charge is 0.146 e. The van der Waals surface area contributed by atoms with Gasteiger partial charge in [0.25, 0.3) is 0 Å². The average Bonchev–Trinajstić information content (AvgIpc) is 3.08. The van der Waals surface area contributed by atoms with E-state index in [4.69, 9.17) is 4.74 Å². The largest absolute Gasteiger partial charge is 0.494 e. The highest BCUT2D eigenvalue weighted by atomic mass is 19.1. The first kappa shape index (κ1) is 13.9. The normalized spacial score (nSPS) is 11.0. The van der Waals surface area contributed by atoms with Gasteiger partial charge in [-0.1, -0.05) is 12.1 Å². The molecule has 0 aliphatic carbocycles. The Morgan fingerprint density at radius 1 is 1.18 bits per heavy atom. The summed E-state index contributed by atoms with van der Waals surface area (Å²) in [6.45, 7) is 0. The van der Waals surface area contributed by atoms with Crippen LogP contribution in [0.3, 0.4) is 0 Å². The standard InChI is InChI=1S/C15H12FN5O/c1-22-15-8-13(6-7-14(15)21-10-18-19-20-21)17-9-11-2-4-12(16)5-3-11/h2-10H,1H3. The van der Waals surface area contributed by atoms with Crippen LogP contribution in [0.2, 0.25) is 0 Å². The Hall–Kier alpha value is -3.09. The van der Waals surface area contributed by atoms with E-state index >= 15 is 0 Å². The maximum atomic E-state index is 12.8. The fourth-order valence-electron chi connectivity index (χ4n) is 1.91. The molecule has 7 heteroatoms. The molecule has 0 saturated heterocycles. The van der Waals surface area contributed by atoms with Crippen LogP contribution in [-0.2, 0) is 0 Å². The molecule has 0 saturated carbocycles. The van der Waals surface area contributed by atoms with Crippen LogP contribution in [0.5, 0.6) is 5.75 Å². The molecule has 3 rings (SSSR count). The first-order chi connectivity index (χ1) is 10.8. The molecule has 6 nitrogen and oxygen atoms in total. The van der Waals surface area contributed by atoms with Crippen LogP contribution in [0.4, 0.5) is 10.1 Å². The van der Waals surface area contributed by atoms with Crippen molar-refractivity contribution in [1.29, 1.82) is 0 Å². The zero-order valence-corrected chi connectivity index (χ0v) is 11.7.